The van der Waals surface area contributed by atoms with Gasteiger partial charge >= 0.3 is 0 Å². The Labute approximate surface area is 246 Å². The minimum absolute atomic E-state index is 0.668. The number of furan rings is 1. The van der Waals surface area contributed by atoms with Crippen LogP contribution in [0.4, 0.5) is 0 Å². The van der Waals surface area contributed by atoms with Gasteiger partial charge in [0, 0.05) is 39.9 Å². The molecule has 0 aliphatic rings. The van der Waals surface area contributed by atoms with Gasteiger partial charge in [-0.25, -0.2) is 9.97 Å². The van der Waals surface area contributed by atoms with Crippen molar-refractivity contribution in [2.45, 2.75) is 0 Å². The van der Waals surface area contributed by atoms with Crippen molar-refractivity contribution in [2.24, 2.45) is 0 Å². The SMILES string of the molecule is c1ccc(-c2cc(-c3ccncc3)nc(-c3ccc4oc5cc6c7ccccc7c7ccccc7c6cc5c4c3)n2)cc1. The van der Waals surface area contributed by atoms with Crippen molar-refractivity contribution in [1.82, 2.24) is 15.0 Å². The molecular weight excluding hydrogens is 526 g/mol. The van der Waals surface area contributed by atoms with Gasteiger partial charge in [-0.15, -0.1) is 0 Å². The summed E-state index contributed by atoms with van der Waals surface area (Å²) in [4.78, 5) is 14.3. The Balaban J connectivity index is 1.29. The first-order valence-electron chi connectivity index (χ1n) is 14.3. The third-order valence-corrected chi connectivity index (χ3v) is 8.36. The maximum absolute atomic E-state index is 6.45. The zero-order chi connectivity index (χ0) is 28.3. The second-order valence-electron chi connectivity index (χ2n) is 10.9. The molecule has 0 saturated carbocycles. The number of hydrogen-bond donors (Lipinski definition) is 0. The highest BCUT2D eigenvalue weighted by Crippen LogP contribution is 2.40. The Morgan fingerprint density at radius 1 is 0.372 bits per heavy atom. The summed E-state index contributed by atoms with van der Waals surface area (Å²) < 4.78 is 6.45. The maximum atomic E-state index is 6.45. The predicted octanol–water partition coefficient (Wildman–Crippen LogP) is 10.2. The number of aromatic nitrogens is 3. The Morgan fingerprint density at radius 2 is 0.930 bits per heavy atom. The summed E-state index contributed by atoms with van der Waals surface area (Å²) in [5.74, 6) is 0.668. The van der Waals surface area contributed by atoms with Crippen molar-refractivity contribution in [2.75, 3.05) is 0 Å². The van der Waals surface area contributed by atoms with Crippen molar-refractivity contribution in [1.29, 1.82) is 0 Å². The van der Waals surface area contributed by atoms with Gasteiger partial charge in [0.1, 0.15) is 11.2 Å². The molecule has 0 saturated heterocycles. The van der Waals surface area contributed by atoms with E-state index in [-0.39, 0.29) is 0 Å². The van der Waals surface area contributed by atoms with Crippen LogP contribution in [0.5, 0.6) is 0 Å². The van der Waals surface area contributed by atoms with Gasteiger partial charge in [-0.05, 0) is 80.8 Å². The maximum Gasteiger partial charge on any atom is 0.160 e. The number of hydrogen-bond acceptors (Lipinski definition) is 4. The molecule has 0 aliphatic heterocycles. The van der Waals surface area contributed by atoms with Gasteiger partial charge in [0.25, 0.3) is 0 Å². The van der Waals surface area contributed by atoms with Gasteiger partial charge in [-0.2, -0.15) is 0 Å². The summed E-state index contributed by atoms with van der Waals surface area (Å²) in [5.41, 5.74) is 6.42. The molecule has 6 aromatic carbocycles. The Morgan fingerprint density at radius 3 is 1.60 bits per heavy atom. The van der Waals surface area contributed by atoms with Crippen molar-refractivity contribution in [3.8, 4) is 33.9 Å². The van der Waals surface area contributed by atoms with Crippen LogP contribution < -0.4 is 0 Å². The fourth-order valence-corrected chi connectivity index (χ4v) is 6.32. The van der Waals surface area contributed by atoms with Gasteiger partial charge < -0.3 is 4.42 Å². The summed E-state index contributed by atoms with van der Waals surface area (Å²) in [5, 5.41) is 9.53. The summed E-state index contributed by atoms with van der Waals surface area (Å²) >= 11 is 0. The molecule has 0 spiro atoms. The average molecular weight is 550 g/mol. The highest BCUT2D eigenvalue weighted by Gasteiger charge is 2.16. The van der Waals surface area contributed by atoms with Crippen molar-refractivity contribution < 1.29 is 4.42 Å². The van der Waals surface area contributed by atoms with Gasteiger partial charge in [0.15, 0.2) is 5.82 Å². The first kappa shape index (κ1) is 23.8. The minimum Gasteiger partial charge on any atom is -0.456 e. The van der Waals surface area contributed by atoms with E-state index >= 15 is 0 Å². The molecule has 0 fully saturated rings. The largest absolute Gasteiger partial charge is 0.456 e. The second kappa shape index (κ2) is 9.33. The number of nitrogens with zero attached hydrogens (tertiary/aromatic N) is 3. The molecular formula is C39H23N3O. The van der Waals surface area contributed by atoms with E-state index in [2.05, 4.69) is 89.9 Å². The van der Waals surface area contributed by atoms with Crippen LogP contribution in [0.2, 0.25) is 0 Å². The number of benzene rings is 6. The molecule has 0 unspecified atom stereocenters. The molecule has 0 aliphatic carbocycles. The lowest BCUT2D eigenvalue weighted by Crippen LogP contribution is -1.96. The predicted molar refractivity (Wildman–Crippen MR) is 176 cm³/mol. The topological polar surface area (TPSA) is 51.8 Å². The molecule has 9 rings (SSSR count). The van der Waals surface area contributed by atoms with Crippen molar-refractivity contribution in [3.63, 3.8) is 0 Å². The average Bonchev–Trinajstić information content (AvgIpc) is 3.45. The summed E-state index contributed by atoms with van der Waals surface area (Å²) in [7, 11) is 0. The van der Waals surface area contributed by atoms with E-state index in [0.717, 1.165) is 50.0 Å². The molecule has 4 heteroatoms. The summed E-state index contributed by atoms with van der Waals surface area (Å²) in [6, 6.07) is 44.3. The van der Waals surface area contributed by atoms with Crippen LogP contribution in [0.3, 0.4) is 0 Å². The fourth-order valence-electron chi connectivity index (χ4n) is 6.32. The zero-order valence-electron chi connectivity index (χ0n) is 23.0. The molecule has 200 valence electrons. The van der Waals surface area contributed by atoms with Crippen molar-refractivity contribution >= 4 is 54.3 Å². The Kier molecular flexibility index (Phi) is 5.16. The van der Waals surface area contributed by atoms with E-state index in [1.54, 1.807) is 12.4 Å². The van der Waals surface area contributed by atoms with E-state index in [1.165, 1.54) is 32.3 Å². The van der Waals surface area contributed by atoms with E-state index in [0.29, 0.717) is 5.82 Å². The number of rotatable bonds is 3. The molecule has 9 aromatic rings. The Bertz CT molecular complexity index is 2440. The van der Waals surface area contributed by atoms with Crippen LogP contribution in [0, 0.1) is 0 Å². The van der Waals surface area contributed by atoms with Crippen LogP contribution in [0.15, 0.2) is 144 Å². The molecule has 4 nitrogen and oxygen atoms in total. The first-order valence-corrected chi connectivity index (χ1v) is 14.3. The summed E-state index contributed by atoms with van der Waals surface area (Å²) in [6.45, 7) is 0. The normalized spacial score (nSPS) is 11.7. The Hall–Kier alpha value is -5.87. The molecule has 0 amide bonds. The van der Waals surface area contributed by atoms with E-state index in [9.17, 15) is 0 Å². The van der Waals surface area contributed by atoms with Gasteiger partial charge in [0.2, 0.25) is 0 Å². The fraction of sp³-hybridized carbons (Fsp3) is 0. The second-order valence-corrected chi connectivity index (χ2v) is 10.9. The monoisotopic (exact) mass is 549 g/mol. The lowest BCUT2D eigenvalue weighted by atomic mass is 9.93. The van der Waals surface area contributed by atoms with E-state index < -0.39 is 0 Å². The third-order valence-electron chi connectivity index (χ3n) is 8.36. The molecule has 0 bridgehead atoms. The number of fused-ring (bicyclic) bond motifs is 9. The molecule has 3 aromatic heterocycles. The van der Waals surface area contributed by atoms with Crippen LogP contribution in [-0.2, 0) is 0 Å². The molecule has 0 radical (unpaired) electrons. The van der Waals surface area contributed by atoms with Crippen LogP contribution >= 0.6 is 0 Å². The van der Waals surface area contributed by atoms with Crippen LogP contribution in [0.1, 0.15) is 0 Å². The zero-order valence-corrected chi connectivity index (χ0v) is 23.0. The molecule has 0 atom stereocenters. The molecule has 3 heterocycles. The standard InChI is InChI=1S/C39H23N3O/c1-2-8-24(9-3-1)35-23-36(25-16-18-40-19-17-25)42-39(41-35)26-14-15-37-33(20-26)34-21-31-29-12-6-4-10-27(29)28-11-5-7-13-30(28)32(31)22-38(34)43-37/h1-23H. The highest BCUT2D eigenvalue weighted by atomic mass is 16.3. The lowest BCUT2D eigenvalue weighted by molar-refractivity contribution is 0.669. The van der Waals surface area contributed by atoms with Gasteiger partial charge in [-0.3, -0.25) is 4.98 Å². The smallest absolute Gasteiger partial charge is 0.160 e. The van der Waals surface area contributed by atoms with Crippen LogP contribution in [0.25, 0.3) is 88.2 Å². The van der Waals surface area contributed by atoms with Gasteiger partial charge in [0.05, 0.1) is 11.4 Å². The highest BCUT2D eigenvalue weighted by molar-refractivity contribution is 6.28. The summed E-state index contributed by atoms with van der Waals surface area (Å²) in [6.07, 6.45) is 3.58. The van der Waals surface area contributed by atoms with Gasteiger partial charge in [-0.1, -0.05) is 78.9 Å². The van der Waals surface area contributed by atoms with E-state index in [1.807, 2.05) is 42.5 Å². The minimum atomic E-state index is 0.668. The third kappa shape index (κ3) is 3.81. The van der Waals surface area contributed by atoms with Crippen LogP contribution in [-0.4, -0.2) is 15.0 Å². The number of pyridine rings is 1. The molecule has 0 N–H and O–H groups in total. The quantitative estimate of drug-likeness (QED) is 0.206. The van der Waals surface area contributed by atoms with E-state index in [4.69, 9.17) is 14.4 Å². The first-order chi connectivity index (χ1) is 21.3. The lowest BCUT2D eigenvalue weighted by Gasteiger charge is -2.10. The molecule has 43 heavy (non-hydrogen) atoms. The van der Waals surface area contributed by atoms with Crippen molar-refractivity contribution in [3.05, 3.63) is 140 Å².